The Bertz CT molecular complexity index is 682. The Labute approximate surface area is 146 Å². The van der Waals surface area contributed by atoms with E-state index in [0.717, 1.165) is 25.1 Å². The summed E-state index contributed by atoms with van der Waals surface area (Å²) >= 11 is 2.56. The van der Waals surface area contributed by atoms with Crippen LogP contribution in [0.5, 0.6) is 0 Å². The molecule has 2 aromatic rings. The maximum absolute atomic E-state index is 13.1. The molecule has 1 heterocycles. The van der Waals surface area contributed by atoms with Crippen molar-refractivity contribution in [2.75, 3.05) is 30.8 Å². The Hall–Kier alpha value is -1.58. The molecule has 9 heteroatoms. The minimum Gasteiger partial charge on any atom is -0.382 e. The van der Waals surface area contributed by atoms with Gasteiger partial charge in [-0.3, -0.25) is 4.79 Å². The topological polar surface area (TPSA) is 64.1 Å². The minimum atomic E-state index is -1.03. The summed E-state index contributed by atoms with van der Waals surface area (Å²) in [7, 11) is 0. The summed E-state index contributed by atoms with van der Waals surface area (Å²) in [4.78, 5) is 12.0. The standard InChI is InChI=1S/C15H17F2N3O2S2/c1-2-22-7-3-6-18-14-19-20-15(24-14)23-9-13(21)10-4-5-11(16)12(17)8-10/h4-5,8H,2-3,6-7,9H2,1H3,(H,18,19). The normalized spacial score (nSPS) is 10.8. The molecule has 5 nitrogen and oxygen atoms in total. The molecule has 2 rings (SSSR count). The molecule has 0 radical (unpaired) electrons. The summed E-state index contributed by atoms with van der Waals surface area (Å²) in [6, 6.07) is 3.12. The van der Waals surface area contributed by atoms with Crippen molar-refractivity contribution in [3.8, 4) is 0 Å². The molecular weight excluding hydrogens is 356 g/mol. The van der Waals surface area contributed by atoms with Crippen molar-refractivity contribution >= 4 is 34.0 Å². The summed E-state index contributed by atoms with van der Waals surface area (Å²) < 4.78 is 31.9. The number of carbonyl (C=O) groups is 1. The summed E-state index contributed by atoms with van der Waals surface area (Å²) in [6.45, 7) is 4.06. The zero-order chi connectivity index (χ0) is 17.4. The van der Waals surface area contributed by atoms with Crippen LogP contribution in [0.4, 0.5) is 13.9 Å². The lowest BCUT2D eigenvalue weighted by atomic mass is 10.1. The summed E-state index contributed by atoms with van der Waals surface area (Å²) in [5.41, 5.74) is 0.139. The zero-order valence-electron chi connectivity index (χ0n) is 13.1. The number of Topliss-reactive ketones (excluding diaryl/α,β-unsaturated/α-hetero) is 1. The molecular formula is C15H17F2N3O2S2. The van der Waals surface area contributed by atoms with E-state index in [2.05, 4.69) is 15.5 Å². The second kappa shape index (κ2) is 9.65. The number of carbonyl (C=O) groups excluding carboxylic acids is 1. The lowest BCUT2D eigenvalue weighted by Gasteiger charge is -2.01. The molecule has 0 amide bonds. The molecule has 0 aliphatic rings. The Morgan fingerprint density at radius 2 is 2.17 bits per heavy atom. The number of halogens is 2. The highest BCUT2D eigenvalue weighted by molar-refractivity contribution is 8.01. The first-order valence-electron chi connectivity index (χ1n) is 7.36. The van der Waals surface area contributed by atoms with E-state index < -0.39 is 11.6 Å². The van der Waals surface area contributed by atoms with Gasteiger partial charge in [0.1, 0.15) is 0 Å². The predicted octanol–water partition coefficient (Wildman–Crippen LogP) is 3.63. The van der Waals surface area contributed by atoms with Crippen molar-refractivity contribution in [1.29, 1.82) is 0 Å². The number of ketones is 1. The molecule has 0 aliphatic heterocycles. The van der Waals surface area contributed by atoms with Crippen LogP contribution in [-0.2, 0) is 4.74 Å². The number of hydrogen-bond acceptors (Lipinski definition) is 7. The summed E-state index contributed by atoms with van der Waals surface area (Å²) in [5, 5.41) is 11.8. The molecule has 0 saturated heterocycles. The molecule has 1 aromatic heterocycles. The van der Waals surface area contributed by atoms with Crippen molar-refractivity contribution in [3.05, 3.63) is 35.4 Å². The lowest BCUT2D eigenvalue weighted by molar-refractivity contribution is 0.102. The number of ether oxygens (including phenoxy) is 1. The molecule has 0 spiro atoms. The molecule has 0 saturated carbocycles. The monoisotopic (exact) mass is 373 g/mol. The average molecular weight is 373 g/mol. The third-order valence-electron chi connectivity index (χ3n) is 2.92. The van der Waals surface area contributed by atoms with Crippen LogP contribution >= 0.6 is 23.1 Å². The number of nitrogens with one attached hydrogen (secondary N) is 1. The van der Waals surface area contributed by atoms with E-state index >= 15 is 0 Å². The molecule has 24 heavy (non-hydrogen) atoms. The molecule has 0 unspecified atom stereocenters. The first-order valence-corrected chi connectivity index (χ1v) is 9.16. The van der Waals surface area contributed by atoms with Gasteiger partial charge in [0.05, 0.1) is 5.75 Å². The van der Waals surface area contributed by atoms with Gasteiger partial charge in [0.15, 0.2) is 21.8 Å². The Morgan fingerprint density at radius 1 is 1.33 bits per heavy atom. The number of benzene rings is 1. The van der Waals surface area contributed by atoms with Gasteiger partial charge in [0.25, 0.3) is 0 Å². The van der Waals surface area contributed by atoms with E-state index in [1.165, 1.54) is 29.2 Å². The highest BCUT2D eigenvalue weighted by Gasteiger charge is 2.12. The van der Waals surface area contributed by atoms with E-state index in [0.29, 0.717) is 22.7 Å². The molecule has 0 fully saturated rings. The molecule has 0 aliphatic carbocycles. The molecule has 1 N–H and O–H groups in total. The van der Waals surface area contributed by atoms with Gasteiger partial charge in [-0.1, -0.05) is 23.1 Å². The smallest absolute Gasteiger partial charge is 0.206 e. The van der Waals surface area contributed by atoms with Crippen molar-refractivity contribution in [1.82, 2.24) is 10.2 Å². The van der Waals surface area contributed by atoms with Gasteiger partial charge in [-0.15, -0.1) is 10.2 Å². The van der Waals surface area contributed by atoms with Crippen molar-refractivity contribution in [2.45, 2.75) is 17.7 Å². The highest BCUT2D eigenvalue weighted by atomic mass is 32.2. The Morgan fingerprint density at radius 3 is 2.92 bits per heavy atom. The number of hydrogen-bond donors (Lipinski definition) is 1. The fraction of sp³-hybridized carbons (Fsp3) is 0.400. The van der Waals surface area contributed by atoms with Crippen LogP contribution in [0.1, 0.15) is 23.7 Å². The van der Waals surface area contributed by atoms with Crippen molar-refractivity contribution < 1.29 is 18.3 Å². The summed E-state index contributed by atoms with van der Waals surface area (Å²) in [6.07, 6.45) is 0.866. The van der Waals surface area contributed by atoms with E-state index in [-0.39, 0.29) is 17.1 Å². The van der Waals surface area contributed by atoms with Gasteiger partial charge in [-0.2, -0.15) is 0 Å². The van der Waals surface area contributed by atoms with Gasteiger partial charge >= 0.3 is 0 Å². The van der Waals surface area contributed by atoms with Gasteiger partial charge in [0.2, 0.25) is 5.13 Å². The first-order chi connectivity index (χ1) is 11.6. The molecule has 1 aromatic carbocycles. The third-order valence-corrected chi connectivity index (χ3v) is 4.93. The van der Waals surface area contributed by atoms with Crippen molar-refractivity contribution in [2.24, 2.45) is 0 Å². The number of thioether (sulfide) groups is 1. The summed E-state index contributed by atoms with van der Waals surface area (Å²) in [5.74, 6) is -2.20. The van der Waals surface area contributed by atoms with Gasteiger partial charge < -0.3 is 10.1 Å². The maximum Gasteiger partial charge on any atom is 0.206 e. The zero-order valence-corrected chi connectivity index (χ0v) is 14.7. The number of nitrogens with zero attached hydrogens (tertiary/aromatic N) is 2. The molecule has 0 bridgehead atoms. The number of anilines is 1. The number of rotatable bonds is 10. The SMILES string of the molecule is CCOCCCNc1nnc(SCC(=O)c2ccc(F)c(F)c2)s1. The lowest BCUT2D eigenvalue weighted by Crippen LogP contribution is -2.05. The van der Waals surface area contributed by atoms with Crippen molar-refractivity contribution in [3.63, 3.8) is 0 Å². The van der Waals surface area contributed by atoms with Crippen LogP contribution in [0, 0.1) is 11.6 Å². The Balaban J connectivity index is 1.77. The second-order valence-electron chi connectivity index (χ2n) is 4.69. The highest BCUT2D eigenvalue weighted by Crippen LogP contribution is 2.26. The van der Waals surface area contributed by atoms with Crippen LogP contribution in [-0.4, -0.2) is 41.5 Å². The quantitative estimate of drug-likeness (QED) is 0.390. The van der Waals surface area contributed by atoms with E-state index in [9.17, 15) is 13.6 Å². The molecule has 0 atom stereocenters. The maximum atomic E-state index is 13.1. The molecule has 130 valence electrons. The van der Waals surface area contributed by atoms with Crippen LogP contribution in [0.3, 0.4) is 0 Å². The third kappa shape index (κ3) is 5.81. The van der Waals surface area contributed by atoms with Crippen LogP contribution in [0.15, 0.2) is 22.5 Å². The number of aromatic nitrogens is 2. The van der Waals surface area contributed by atoms with Gasteiger partial charge in [-0.05, 0) is 31.5 Å². The average Bonchev–Trinajstić information content (AvgIpc) is 3.03. The second-order valence-corrected chi connectivity index (χ2v) is 6.89. The van der Waals surface area contributed by atoms with E-state index in [1.54, 1.807) is 0 Å². The van der Waals surface area contributed by atoms with Crippen LogP contribution in [0.2, 0.25) is 0 Å². The Kier molecular flexibility index (Phi) is 7.54. The van der Waals surface area contributed by atoms with Gasteiger partial charge in [0, 0.05) is 25.3 Å². The van der Waals surface area contributed by atoms with Crippen LogP contribution < -0.4 is 5.32 Å². The minimum absolute atomic E-state index is 0.0873. The largest absolute Gasteiger partial charge is 0.382 e. The first kappa shape index (κ1) is 18.8. The van der Waals surface area contributed by atoms with E-state index in [1.807, 2.05) is 6.92 Å². The fourth-order valence-electron chi connectivity index (χ4n) is 1.73. The fourth-order valence-corrected chi connectivity index (χ4v) is 3.41. The van der Waals surface area contributed by atoms with Crippen LogP contribution in [0.25, 0.3) is 0 Å². The van der Waals surface area contributed by atoms with Gasteiger partial charge in [-0.25, -0.2) is 8.78 Å². The van der Waals surface area contributed by atoms with E-state index in [4.69, 9.17) is 4.74 Å². The predicted molar refractivity (Wildman–Crippen MR) is 90.9 cm³/mol.